The number of amides is 1. The lowest BCUT2D eigenvalue weighted by Gasteiger charge is -2.28. The molecule has 2 aromatic rings. The Hall–Kier alpha value is -2.13. The molecule has 0 aromatic heterocycles. The maximum atomic E-state index is 12.1. The minimum atomic E-state index is 0.0972. The van der Waals surface area contributed by atoms with Crippen molar-refractivity contribution in [3.05, 3.63) is 70.8 Å². The van der Waals surface area contributed by atoms with Crippen LogP contribution in [0.1, 0.15) is 22.3 Å². The van der Waals surface area contributed by atoms with E-state index in [0.29, 0.717) is 13.1 Å². The molecule has 114 valence electrons. The molecule has 0 saturated carbocycles. The second kappa shape index (κ2) is 6.75. The molecule has 1 aliphatic heterocycles. The molecular weight excluding hydrogens is 272 g/mol. The minimum absolute atomic E-state index is 0.0972. The van der Waals surface area contributed by atoms with E-state index in [-0.39, 0.29) is 5.91 Å². The molecule has 3 nitrogen and oxygen atoms in total. The zero-order chi connectivity index (χ0) is 15.4. The molecule has 1 N–H and O–H groups in total. The third-order valence-electron chi connectivity index (χ3n) is 4.19. The van der Waals surface area contributed by atoms with Gasteiger partial charge in [-0.1, -0.05) is 54.1 Å². The Morgan fingerprint density at radius 3 is 2.59 bits per heavy atom. The zero-order valence-corrected chi connectivity index (χ0v) is 13.0. The number of nitrogens with zero attached hydrogens (tertiary/aromatic N) is 1. The summed E-state index contributed by atoms with van der Waals surface area (Å²) < 4.78 is 0. The Labute approximate surface area is 132 Å². The number of benzene rings is 2. The summed E-state index contributed by atoms with van der Waals surface area (Å²) in [6, 6.07) is 16.8. The highest BCUT2D eigenvalue weighted by molar-refractivity contribution is 5.78. The zero-order valence-electron chi connectivity index (χ0n) is 13.0. The fourth-order valence-electron chi connectivity index (χ4n) is 2.85. The Morgan fingerprint density at radius 2 is 1.82 bits per heavy atom. The van der Waals surface area contributed by atoms with Crippen LogP contribution < -0.4 is 5.32 Å². The van der Waals surface area contributed by atoms with Gasteiger partial charge in [0.15, 0.2) is 0 Å². The molecule has 0 bridgehead atoms. The highest BCUT2D eigenvalue weighted by Crippen LogP contribution is 2.17. The highest BCUT2D eigenvalue weighted by atomic mass is 16.2. The van der Waals surface area contributed by atoms with Gasteiger partial charge in [0.05, 0.1) is 6.54 Å². The molecule has 0 spiro atoms. The van der Waals surface area contributed by atoms with Gasteiger partial charge < -0.3 is 5.32 Å². The molecule has 1 heterocycles. The predicted molar refractivity (Wildman–Crippen MR) is 88.4 cm³/mol. The molecule has 0 unspecified atom stereocenters. The lowest BCUT2D eigenvalue weighted by molar-refractivity contribution is -0.122. The highest BCUT2D eigenvalue weighted by Gasteiger charge is 2.17. The number of aryl methyl sites for hydroxylation is 1. The minimum Gasteiger partial charge on any atom is -0.351 e. The molecule has 3 heteroatoms. The van der Waals surface area contributed by atoms with Crippen molar-refractivity contribution in [1.82, 2.24) is 10.2 Å². The van der Waals surface area contributed by atoms with Crippen LogP contribution in [-0.4, -0.2) is 23.9 Å². The van der Waals surface area contributed by atoms with Crippen LogP contribution in [0.3, 0.4) is 0 Å². The molecule has 0 fully saturated rings. The Balaban J connectivity index is 1.49. The second-order valence-electron chi connectivity index (χ2n) is 5.99. The molecule has 0 radical (unpaired) electrons. The van der Waals surface area contributed by atoms with Gasteiger partial charge in [-0.2, -0.15) is 0 Å². The van der Waals surface area contributed by atoms with Crippen LogP contribution in [0.25, 0.3) is 0 Å². The first-order chi connectivity index (χ1) is 10.7. The van der Waals surface area contributed by atoms with E-state index in [2.05, 4.69) is 65.7 Å². The fourth-order valence-corrected chi connectivity index (χ4v) is 2.85. The summed E-state index contributed by atoms with van der Waals surface area (Å²) in [5.74, 6) is 0.0972. The average Bonchev–Trinajstić information content (AvgIpc) is 2.54. The van der Waals surface area contributed by atoms with E-state index in [1.54, 1.807) is 0 Å². The van der Waals surface area contributed by atoms with Gasteiger partial charge in [-0.25, -0.2) is 0 Å². The fraction of sp³-hybridized carbons (Fsp3) is 0.316. The van der Waals surface area contributed by atoms with E-state index in [9.17, 15) is 4.79 Å². The quantitative estimate of drug-likeness (QED) is 0.940. The average molecular weight is 294 g/mol. The van der Waals surface area contributed by atoms with Crippen LogP contribution in [-0.2, 0) is 24.3 Å². The predicted octanol–water partition coefficient (Wildman–Crippen LogP) is 2.67. The van der Waals surface area contributed by atoms with E-state index >= 15 is 0 Å². The van der Waals surface area contributed by atoms with Crippen molar-refractivity contribution in [2.75, 3.05) is 13.1 Å². The molecule has 2 aromatic carbocycles. The van der Waals surface area contributed by atoms with Crippen LogP contribution in [0.2, 0.25) is 0 Å². The summed E-state index contributed by atoms with van der Waals surface area (Å²) in [5.41, 5.74) is 5.14. The van der Waals surface area contributed by atoms with Crippen LogP contribution in [0.4, 0.5) is 0 Å². The molecule has 0 aliphatic carbocycles. The van der Waals surface area contributed by atoms with Crippen molar-refractivity contribution in [3.8, 4) is 0 Å². The van der Waals surface area contributed by atoms with Crippen LogP contribution in [0, 0.1) is 6.92 Å². The molecule has 1 aliphatic rings. The summed E-state index contributed by atoms with van der Waals surface area (Å²) in [6.45, 7) is 4.96. The van der Waals surface area contributed by atoms with E-state index in [1.165, 1.54) is 16.7 Å². The Bertz CT molecular complexity index is 649. The van der Waals surface area contributed by atoms with Crippen LogP contribution in [0.5, 0.6) is 0 Å². The lowest BCUT2D eigenvalue weighted by atomic mass is 10.00. The Kier molecular flexibility index (Phi) is 4.54. The second-order valence-corrected chi connectivity index (χ2v) is 5.99. The van der Waals surface area contributed by atoms with E-state index in [4.69, 9.17) is 0 Å². The third-order valence-corrected chi connectivity index (χ3v) is 4.19. The normalized spacial score (nSPS) is 14.4. The van der Waals surface area contributed by atoms with Gasteiger partial charge in [-0.15, -0.1) is 0 Å². The summed E-state index contributed by atoms with van der Waals surface area (Å²) in [5, 5.41) is 3.01. The first-order valence-electron chi connectivity index (χ1n) is 7.82. The number of carbonyl (C=O) groups excluding carboxylic acids is 1. The van der Waals surface area contributed by atoms with Crippen LogP contribution in [0.15, 0.2) is 48.5 Å². The standard InChI is InChI=1S/C19H22N2O/c1-15-6-8-16(9-7-15)12-20-19(22)14-21-11-10-17-4-2-3-5-18(17)13-21/h2-9H,10-14H2,1H3,(H,20,22). The van der Waals surface area contributed by atoms with Gasteiger partial charge in [0.1, 0.15) is 0 Å². The smallest absolute Gasteiger partial charge is 0.234 e. The monoisotopic (exact) mass is 294 g/mol. The Morgan fingerprint density at radius 1 is 1.09 bits per heavy atom. The molecule has 22 heavy (non-hydrogen) atoms. The van der Waals surface area contributed by atoms with Gasteiger partial charge in [0.2, 0.25) is 5.91 Å². The van der Waals surface area contributed by atoms with E-state index in [0.717, 1.165) is 25.1 Å². The first-order valence-corrected chi connectivity index (χ1v) is 7.82. The maximum absolute atomic E-state index is 12.1. The van der Waals surface area contributed by atoms with Crippen molar-refractivity contribution < 1.29 is 4.79 Å². The lowest BCUT2D eigenvalue weighted by Crippen LogP contribution is -2.39. The summed E-state index contributed by atoms with van der Waals surface area (Å²) in [4.78, 5) is 14.3. The molecule has 1 amide bonds. The number of rotatable bonds is 4. The maximum Gasteiger partial charge on any atom is 0.234 e. The number of fused-ring (bicyclic) bond motifs is 1. The topological polar surface area (TPSA) is 32.3 Å². The van der Waals surface area contributed by atoms with Gasteiger partial charge in [0, 0.05) is 19.6 Å². The third kappa shape index (κ3) is 3.74. The van der Waals surface area contributed by atoms with Gasteiger partial charge in [-0.3, -0.25) is 9.69 Å². The molecule has 0 atom stereocenters. The SMILES string of the molecule is Cc1ccc(CNC(=O)CN2CCc3ccccc3C2)cc1. The van der Waals surface area contributed by atoms with Crippen molar-refractivity contribution in [2.24, 2.45) is 0 Å². The first kappa shape index (κ1) is 14.8. The van der Waals surface area contributed by atoms with Gasteiger partial charge in [-0.05, 0) is 30.0 Å². The summed E-state index contributed by atoms with van der Waals surface area (Å²) in [6.07, 6.45) is 1.03. The van der Waals surface area contributed by atoms with E-state index < -0.39 is 0 Å². The van der Waals surface area contributed by atoms with Gasteiger partial charge >= 0.3 is 0 Å². The number of carbonyl (C=O) groups is 1. The molecular formula is C19H22N2O. The van der Waals surface area contributed by atoms with Crippen molar-refractivity contribution in [3.63, 3.8) is 0 Å². The van der Waals surface area contributed by atoms with Crippen molar-refractivity contribution in [2.45, 2.75) is 26.4 Å². The summed E-state index contributed by atoms with van der Waals surface area (Å²) in [7, 11) is 0. The van der Waals surface area contributed by atoms with Gasteiger partial charge in [0.25, 0.3) is 0 Å². The molecule has 3 rings (SSSR count). The number of nitrogens with one attached hydrogen (secondary N) is 1. The molecule has 0 saturated heterocycles. The van der Waals surface area contributed by atoms with Crippen LogP contribution >= 0.6 is 0 Å². The van der Waals surface area contributed by atoms with Crippen molar-refractivity contribution in [1.29, 1.82) is 0 Å². The largest absolute Gasteiger partial charge is 0.351 e. The summed E-state index contributed by atoms with van der Waals surface area (Å²) >= 11 is 0. The van der Waals surface area contributed by atoms with E-state index in [1.807, 2.05) is 0 Å². The number of hydrogen-bond donors (Lipinski definition) is 1. The van der Waals surface area contributed by atoms with Crippen molar-refractivity contribution >= 4 is 5.91 Å². The number of hydrogen-bond acceptors (Lipinski definition) is 2.